The molecule has 0 aliphatic rings. The zero-order valence-corrected chi connectivity index (χ0v) is 26.2. The minimum Gasteiger partial charge on any atom is -0.355 e. The number of para-hydroxylation sites is 1. The third-order valence-electron chi connectivity index (χ3n) is 6.90. The van der Waals surface area contributed by atoms with Crippen LogP contribution >= 0.6 is 23.2 Å². The van der Waals surface area contributed by atoms with E-state index in [2.05, 4.69) is 5.32 Å². The molecule has 1 atom stereocenters. The number of carbonyl (C=O) groups excluding carboxylic acids is 2. The average molecular weight is 639 g/mol. The molecule has 2 amide bonds. The average Bonchev–Trinajstić information content (AvgIpc) is 3.00. The van der Waals surface area contributed by atoms with Crippen molar-refractivity contribution in [2.45, 2.75) is 37.8 Å². The molecule has 224 valence electrons. The molecule has 43 heavy (non-hydrogen) atoms. The summed E-state index contributed by atoms with van der Waals surface area (Å²) in [6, 6.07) is 28.2. The van der Waals surface area contributed by atoms with Crippen LogP contribution in [0.3, 0.4) is 0 Å². The topological polar surface area (TPSA) is 86.8 Å². The van der Waals surface area contributed by atoms with Gasteiger partial charge in [0.05, 0.1) is 15.6 Å². The number of carbonyl (C=O) groups is 2. The molecule has 0 heterocycles. The fraction of sp³-hybridized carbons (Fsp3) is 0.212. The fourth-order valence-corrected chi connectivity index (χ4v) is 6.48. The van der Waals surface area contributed by atoms with E-state index in [0.29, 0.717) is 11.6 Å². The van der Waals surface area contributed by atoms with Crippen molar-refractivity contribution >= 4 is 50.7 Å². The van der Waals surface area contributed by atoms with Crippen molar-refractivity contribution < 1.29 is 18.0 Å². The van der Waals surface area contributed by atoms with E-state index < -0.39 is 28.5 Å². The summed E-state index contributed by atoms with van der Waals surface area (Å²) in [5.74, 6) is -0.919. The Morgan fingerprint density at radius 3 is 2.07 bits per heavy atom. The number of sulfonamides is 1. The highest BCUT2D eigenvalue weighted by molar-refractivity contribution is 7.92. The second kappa shape index (κ2) is 14.6. The number of benzene rings is 4. The number of nitrogens with zero attached hydrogens (tertiary/aromatic N) is 2. The fourth-order valence-electron chi connectivity index (χ4n) is 4.64. The molecule has 4 rings (SSSR count). The van der Waals surface area contributed by atoms with Crippen LogP contribution in [0.2, 0.25) is 10.0 Å². The first-order chi connectivity index (χ1) is 20.6. The van der Waals surface area contributed by atoms with Gasteiger partial charge in [-0.25, -0.2) is 8.42 Å². The summed E-state index contributed by atoms with van der Waals surface area (Å²) in [5, 5.41) is 3.54. The molecule has 1 N–H and O–H groups in total. The van der Waals surface area contributed by atoms with E-state index in [1.807, 2.05) is 37.3 Å². The SMILES string of the molecule is CCNC(=O)[C@@H](Cc1ccccc1)N(Cc1ccc(Cl)cc1)C(=O)CN(c1ccccc1Cl)S(=O)(=O)c1ccc(C)cc1. The van der Waals surface area contributed by atoms with Crippen molar-refractivity contribution in [2.75, 3.05) is 17.4 Å². The van der Waals surface area contributed by atoms with Crippen molar-refractivity contribution in [3.63, 3.8) is 0 Å². The van der Waals surface area contributed by atoms with E-state index >= 15 is 0 Å². The second-order valence-corrected chi connectivity index (χ2v) is 12.7. The van der Waals surface area contributed by atoms with E-state index in [9.17, 15) is 18.0 Å². The maximum absolute atomic E-state index is 14.4. The Morgan fingerprint density at radius 1 is 0.814 bits per heavy atom. The molecule has 0 aromatic heterocycles. The summed E-state index contributed by atoms with van der Waals surface area (Å²) in [4.78, 5) is 29.3. The highest BCUT2D eigenvalue weighted by Gasteiger charge is 2.35. The van der Waals surface area contributed by atoms with Gasteiger partial charge in [-0.1, -0.05) is 95.5 Å². The van der Waals surface area contributed by atoms with E-state index in [4.69, 9.17) is 23.2 Å². The molecule has 0 saturated heterocycles. The van der Waals surface area contributed by atoms with Crippen LogP contribution in [0.4, 0.5) is 5.69 Å². The van der Waals surface area contributed by atoms with Crippen LogP contribution < -0.4 is 9.62 Å². The summed E-state index contributed by atoms with van der Waals surface area (Å²) in [5.41, 5.74) is 2.62. The minimum atomic E-state index is -4.23. The number of aryl methyl sites for hydroxylation is 1. The Hall–Kier alpha value is -3.85. The standard InChI is InChI=1S/C33H33Cl2N3O4S/c1-3-36-33(40)31(21-25-9-5-4-6-10-25)37(22-26-15-17-27(34)18-16-26)32(39)23-38(30-12-8-7-11-29(30)35)43(41,42)28-19-13-24(2)14-20-28/h4-20,31H,3,21-23H2,1-2H3,(H,36,40)/t31-/m1/s1. The number of nitrogens with one attached hydrogen (secondary N) is 1. The van der Waals surface area contributed by atoms with E-state index in [1.54, 1.807) is 67.6 Å². The van der Waals surface area contributed by atoms with E-state index in [1.165, 1.54) is 17.0 Å². The molecule has 0 fully saturated rings. The first-order valence-corrected chi connectivity index (χ1v) is 16.0. The number of anilines is 1. The molecular formula is C33H33Cl2N3O4S. The van der Waals surface area contributed by atoms with Crippen LogP contribution in [0.1, 0.15) is 23.6 Å². The molecule has 0 aliphatic heterocycles. The highest BCUT2D eigenvalue weighted by atomic mass is 35.5. The van der Waals surface area contributed by atoms with Crippen LogP contribution in [-0.4, -0.2) is 44.3 Å². The minimum absolute atomic E-state index is 0.0135. The highest BCUT2D eigenvalue weighted by Crippen LogP contribution is 2.31. The van der Waals surface area contributed by atoms with Gasteiger partial charge < -0.3 is 10.2 Å². The van der Waals surface area contributed by atoms with Gasteiger partial charge in [-0.05, 0) is 61.4 Å². The lowest BCUT2D eigenvalue weighted by Gasteiger charge is -2.34. The summed E-state index contributed by atoms with van der Waals surface area (Å²) in [7, 11) is -4.23. The zero-order chi connectivity index (χ0) is 31.0. The third kappa shape index (κ3) is 8.16. The molecular weight excluding hydrogens is 605 g/mol. The lowest BCUT2D eigenvalue weighted by molar-refractivity contribution is -0.140. The molecule has 4 aromatic rings. The molecule has 0 bridgehead atoms. The number of likely N-dealkylation sites (N-methyl/N-ethyl adjacent to an activating group) is 1. The van der Waals surface area contributed by atoms with E-state index in [0.717, 1.165) is 21.0 Å². The first kappa shape index (κ1) is 32.1. The molecule has 10 heteroatoms. The van der Waals surface area contributed by atoms with Crippen molar-refractivity contribution in [2.24, 2.45) is 0 Å². The molecule has 0 spiro atoms. The summed E-state index contributed by atoms with van der Waals surface area (Å²) in [6.07, 6.45) is 0.225. The smallest absolute Gasteiger partial charge is 0.264 e. The first-order valence-electron chi connectivity index (χ1n) is 13.8. The molecule has 4 aromatic carbocycles. The molecule has 0 unspecified atom stereocenters. The van der Waals surface area contributed by atoms with Crippen LogP contribution in [0.5, 0.6) is 0 Å². The largest absolute Gasteiger partial charge is 0.355 e. The monoisotopic (exact) mass is 637 g/mol. The van der Waals surface area contributed by atoms with Gasteiger partial charge in [0.25, 0.3) is 10.0 Å². The normalized spacial score (nSPS) is 11.9. The Kier molecular flexibility index (Phi) is 10.9. The predicted molar refractivity (Wildman–Crippen MR) is 172 cm³/mol. The van der Waals surface area contributed by atoms with Crippen LogP contribution in [-0.2, 0) is 32.6 Å². The molecule has 0 aliphatic carbocycles. The maximum atomic E-state index is 14.4. The van der Waals surface area contributed by atoms with Crippen molar-refractivity contribution in [3.8, 4) is 0 Å². The predicted octanol–water partition coefficient (Wildman–Crippen LogP) is 6.27. The van der Waals surface area contributed by atoms with Crippen LogP contribution in [0, 0.1) is 6.92 Å². The van der Waals surface area contributed by atoms with Gasteiger partial charge in [0.2, 0.25) is 11.8 Å². The molecule has 0 radical (unpaired) electrons. The Bertz CT molecular complexity index is 1650. The molecule has 7 nitrogen and oxygen atoms in total. The van der Waals surface area contributed by atoms with Gasteiger partial charge in [0.15, 0.2) is 0 Å². The van der Waals surface area contributed by atoms with Crippen molar-refractivity contribution in [3.05, 3.63) is 130 Å². The number of hydrogen-bond acceptors (Lipinski definition) is 4. The maximum Gasteiger partial charge on any atom is 0.264 e. The summed E-state index contributed by atoms with van der Waals surface area (Å²) < 4.78 is 29.1. The van der Waals surface area contributed by atoms with Crippen LogP contribution in [0.15, 0.2) is 108 Å². The number of hydrogen-bond donors (Lipinski definition) is 1. The Morgan fingerprint density at radius 2 is 1.44 bits per heavy atom. The van der Waals surface area contributed by atoms with Gasteiger partial charge in [-0.15, -0.1) is 0 Å². The van der Waals surface area contributed by atoms with Gasteiger partial charge in [0.1, 0.15) is 12.6 Å². The Labute approximate surface area is 263 Å². The third-order valence-corrected chi connectivity index (χ3v) is 9.24. The lowest BCUT2D eigenvalue weighted by Crippen LogP contribution is -2.53. The van der Waals surface area contributed by atoms with Crippen molar-refractivity contribution in [1.82, 2.24) is 10.2 Å². The Balaban J connectivity index is 1.80. The van der Waals surface area contributed by atoms with Crippen LogP contribution in [0.25, 0.3) is 0 Å². The number of rotatable bonds is 12. The van der Waals surface area contributed by atoms with E-state index in [-0.39, 0.29) is 34.5 Å². The van der Waals surface area contributed by atoms with Gasteiger partial charge in [0, 0.05) is 24.5 Å². The number of amides is 2. The lowest BCUT2D eigenvalue weighted by atomic mass is 10.0. The van der Waals surface area contributed by atoms with Gasteiger partial charge in [-0.3, -0.25) is 13.9 Å². The zero-order valence-electron chi connectivity index (χ0n) is 23.9. The number of halogens is 2. The second-order valence-electron chi connectivity index (χ2n) is 10.0. The van der Waals surface area contributed by atoms with Gasteiger partial charge in [-0.2, -0.15) is 0 Å². The van der Waals surface area contributed by atoms with Gasteiger partial charge >= 0.3 is 0 Å². The summed E-state index contributed by atoms with van der Waals surface area (Å²) >= 11 is 12.6. The van der Waals surface area contributed by atoms with Crippen molar-refractivity contribution in [1.29, 1.82) is 0 Å². The quantitative estimate of drug-likeness (QED) is 0.198. The molecule has 0 saturated carbocycles. The summed E-state index contributed by atoms with van der Waals surface area (Å²) in [6.45, 7) is 3.48.